The zero-order chi connectivity index (χ0) is 52.3. The molecule has 0 aliphatic carbocycles. The van der Waals surface area contributed by atoms with Crippen molar-refractivity contribution in [3.8, 4) is 11.5 Å². The third kappa shape index (κ3) is 10.1. The summed E-state index contributed by atoms with van der Waals surface area (Å²) in [5, 5.41) is 2.61. The number of fused-ring (bicyclic) bond motifs is 2. The summed E-state index contributed by atoms with van der Waals surface area (Å²) in [6, 6.07) is 23.8. The number of carbonyl (C=O) groups is 1. The van der Waals surface area contributed by atoms with Crippen LogP contribution < -0.4 is 20.3 Å². The molecule has 6 heterocycles. The van der Waals surface area contributed by atoms with Crippen LogP contribution in [0, 0.1) is 19.4 Å². The van der Waals surface area contributed by atoms with Crippen molar-refractivity contribution < 1.29 is 50.8 Å². The predicted molar refractivity (Wildman–Crippen MR) is 272 cm³/mol. The molecule has 2 aliphatic heterocycles. The van der Waals surface area contributed by atoms with Crippen molar-refractivity contribution in [2.24, 2.45) is 5.92 Å². The van der Waals surface area contributed by atoms with Gasteiger partial charge in [0.25, 0.3) is 5.56 Å². The molecule has 2 aliphatic rings. The third-order valence-corrected chi connectivity index (χ3v) is 13.8. The molecule has 4 aromatic heterocycles. The van der Waals surface area contributed by atoms with Crippen LogP contribution in [-0.4, -0.2) is 123 Å². The molecule has 7 aromatic rings. The van der Waals surface area contributed by atoms with E-state index in [9.17, 15) is 9.59 Å². The Hall–Kier alpha value is -6.77. The van der Waals surface area contributed by atoms with Crippen LogP contribution in [0.2, 0.25) is 0 Å². The van der Waals surface area contributed by atoms with Gasteiger partial charge in [-0.1, -0.05) is 75.4 Å². The Balaban J connectivity index is 1.13. The molecule has 3 aromatic carbocycles. The normalized spacial score (nSPS) is 22.8. The molecule has 9 atom stereocenters. The van der Waals surface area contributed by atoms with Crippen LogP contribution in [0.4, 0.5) is 14.7 Å². The number of hydrogen-bond donors (Lipinski definition) is 2. The van der Waals surface area contributed by atoms with Crippen molar-refractivity contribution >= 4 is 49.6 Å². The van der Waals surface area contributed by atoms with Crippen LogP contribution in [-0.2, 0) is 38.2 Å². The zero-order valence-electron chi connectivity index (χ0n) is 40.6. The van der Waals surface area contributed by atoms with E-state index in [4.69, 9.17) is 43.8 Å². The molecule has 0 saturated carbocycles. The zero-order valence-corrected chi connectivity index (χ0v) is 41.5. The lowest BCUT2D eigenvalue weighted by Gasteiger charge is -2.39. The second-order valence-corrected chi connectivity index (χ2v) is 18.7. The Morgan fingerprint density at radius 2 is 1.45 bits per heavy atom. The van der Waals surface area contributed by atoms with Crippen molar-refractivity contribution in [3.05, 3.63) is 142 Å². The van der Waals surface area contributed by atoms with Crippen LogP contribution >= 0.6 is 7.82 Å². The highest BCUT2D eigenvalue weighted by Gasteiger charge is 2.56. The van der Waals surface area contributed by atoms with Gasteiger partial charge in [0.1, 0.15) is 47.8 Å². The first-order chi connectivity index (χ1) is 35.7. The fraction of sp³-hybridized carbons (Fsp3) is 0.400. The molecule has 24 heteroatoms. The number of aromatic amines is 1. The number of aryl methyl sites for hydroxylation is 1. The maximum absolute atomic E-state index is 18.4. The summed E-state index contributed by atoms with van der Waals surface area (Å²) in [4.78, 5) is 54.0. The number of anilines is 1. The lowest BCUT2D eigenvalue weighted by Crippen LogP contribution is -2.44. The van der Waals surface area contributed by atoms with Crippen molar-refractivity contribution in [2.75, 3.05) is 39.3 Å². The van der Waals surface area contributed by atoms with Crippen LogP contribution in [0.3, 0.4) is 0 Å². The second-order valence-electron chi connectivity index (χ2n) is 17.5. The Morgan fingerprint density at radius 3 is 2.05 bits per heavy atom. The maximum Gasteiger partial charge on any atom is 0.280 e. The Kier molecular flexibility index (Phi) is 15.5. The number of halogens is 2. The van der Waals surface area contributed by atoms with Crippen LogP contribution in [0.25, 0.3) is 27.2 Å². The first-order valence-electron chi connectivity index (χ1n) is 23.5. The van der Waals surface area contributed by atoms with Gasteiger partial charge in [-0.15, -0.1) is 0 Å². The van der Waals surface area contributed by atoms with Crippen LogP contribution in [0.1, 0.15) is 62.0 Å². The van der Waals surface area contributed by atoms with E-state index in [0.29, 0.717) is 51.5 Å². The predicted octanol–water partition coefficient (Wildman–Crippen LogP) is 6.52. The van der Waals surface area contributed by atoms with Crippen molar-refractivity contribution in [2.45, 2.75) is 88.9 Å². The number of imidazole rings is 2. The van der Waals surface area contributed by atoms with Crippen molar-refractivity contribution in [1.82, 2.24) is 39.0 Å². The van der Waals surface area contributed by atoms with Crippen molar-refractivity contribution in [1.29, 1.82) is 0 Å². The first kappa shape index (κ1) is 52.1. The van der Waals surface area contributed by atoms with Gasteiger partial charge in [-0.3, -0.25) is 29.0 Å². The monoisotopic (exact) mass is 1040 g/mol. The quantitative estimate of drug-likeness (QED) is 0.0273. The molecular weight excluding hydrogens is 980 g/mol. The third-order valence-electron chi connectivity index (χ3n) is 12.7. The topological polar surface area (TPSA) is 214 Å². The number of nitrogens with zero attached hydrogens (tertiary/aromatic N) is 8. The molecule has 0 spiro atoms. The molecule has 1 amide bonds. The summed E-state index contributed by atoms with van der Waals surface area (Å²) >= 11 is 0. The fourth-order valence-corrected chi connectivity index (χ4v) is 10.0. The molecule has 2 N–H and O–H groups in total. The minimum atomic E-state index is -3.46. The SMILES string of the molecule is [BH3-][P+](OCC[N+]#[C-])(OC[C@H]1O[C@@H](n2cnc3c(=O)[nH]c(NC(=O)C(C)C)nc32)[C@@H](F)C1OC(c1ccccc1)(c1ccc(OC)cc1)c1ccc(OC)cc1)OC1[C@@H](CC)O[C@@H](n2cnc3c(C)ncnc32)[C@H]1F. The number of H-pyrrole nitrogens is 1. The lowest BCUT2D eigenvalue weighted by molar-refractivity contribution is -0.118. The molecular formula is C50H56BF2N10O10P. The van der Waals surface area contributed by atoms with E-state index < -0.39 is 94.2 Å². The van der Waals surface area contributed by atoms with Gasteiger partial charge in [0.05, 0.1) is 38.7 Å². The number of ether oxygens (including phenoxy) is 5. The average Bonchev–Trinajstić information content (AvgIpc) is 4.19. The van der Waals surface area contributed by atoms with E-state index in [0.717, 1.165) is 0 Å². The summed E-state index contributed by atoms with van der Waals surface area (Å²) < 4.78 is 89.7. The molecule has 20 nitrogen and oxygen atoms in total. The van der Waals surface area contributed by atoms with Gasteiger partial charge >= 0.3 is 0 Å². The van der Waals surface area contributed by atoms with Crippen LogP contribution in [0.5, 0.6) is 11.5 Å². The number of alkyl halides is 2. The van der Waals surface area contributed by atoms with Gasteiger partial charge in [0.15, 0.2) is 54.3 Å². The number of nitrogens with one attached hydrogen (secondary N) is 2. The summed E-state index contributed by atoms with van der Waals surface area (Å²) in [6.07, 6.45) is -6.82. The average molecular weight is 1040 g/mol. The van der Waals surface area contributed by atoms with Gasteiger partial charge in [0, 0.05) is 5.92 Å². The molecule has 0 radical (unpaired) electrons. The molecule has 0 bridgehead atoms. The molecule has 2 saturated heterocycles. The molecule has 3 unspecified atom stereocenters. The summed E-state index contributed by atoms with van der Waals surface area (Å²) in [7, 11) is -1.51. The van der Waals surface area contributed by atoms with E-state index in [2.05, 4.69) is 40.1 Å². The minimum Gasteiger partial charge on any atom is -0.497 e. The minimum absolute atomic E-state index is 0.0379. The number of aromatic nitrogens is 8. The van der Waals surface area contributed by atoms with E-state index >= 15 is 8.78 Å². The van der Waals surface area contributed by atoms with Crippen molar-refractivity contribution in [3.63, 3.8) is 0 Å². The number of carbonyl (C=O) groups excluding carboxylic acids is 1. The lowest BCUT2D eigenvalue weighted by atomic mass is 9.79. The Labute approximate surface area is 425 Å². The smallest absolute Gasteiger partial charge is 0.280 e. The number of rotatable bonds is 20. The summed E-state index contributed by atoms with van der Waals surface area (Å²) in [6.45, 7) is 14.0. The number of methoxy groups -OCH3 is 2. The largest absolute Gasteiger partial charge is 0.497 e. The standard InChI is InChI=1S/C50H56BF2N10O10P/c1-8-35-42(38(53)48(70-35)62-26-57-39-29(4)55-25-56-43(39)62)73-74(51,68-23-22-54-5)69-24-36-41(37(52)47(71-36)63-27-58-40-44(63)59-49(61-46(40)65)60-45(64)28(2)3)72-50(30-12-10-9-11-13-30,31-14-18-33(66-6)19-15-31)32-16-20-34(67-7)21-17-32/h9-21,25-28,35-38,41-42,47-48H,8,22-24H2,1-4,6-7,51H3,(H2,59,60,61,64,65)/t35-,36-,37+,38+,41?,42?,47-,48-,74?/m1/s1. The van der Waals surface area contributed by atoms with E-state index in [-0.39, 0.29) is 30.3 Å². The Morgan fingerprint density at radius 1 is 0.851 bits per heavy atom. The van der Waals surface area contributed by atoms with Crippen LogP contribution in [0.15, 0.2) is 103 Å². The number of benzene rings is 3. The summed E-state index contributed by atoms with van der Waals surface area (Å²) in [5.74, 6) is 0.0958. The number of amides is 1. The maximum atomic E-state index is 18.4. The molecule has 9 rings (SSSR count). The van der Waals surface area contributed by atoms with Gasteiger partial charge in [-0.2, -0.15) is 4.98 Å². The highest BCUT2D eigenvalue weighted by atomic mass is 31.2. The molecule has 388 valence electrons. The van der Waals surface area contributed by atoms with Gasteiger partial charge < -0.3 is 28.5 Å². The Bertz CT molecular complexity index is 3140. The van der Waals surface area contributed by atoms with Gasteiger partial charge in [-0.05, 0) is 54.3 Å². The second kappa shape index (κ2) is 22.0. The summed E-state index contributed by atoms with van der Waals surface area (Å²) in [5.41, 5.74) is 0.865. The fourth-order valence-electron chi connectivity index (χ4n) is 8.88. The molecule has 74 heavy (non-hydrogen) atoms. The van der Waals surface area contributed by atoms with Gasteiger partial charge in [0.2, 0.25) is 33.8 Å². The van der Waals surface area contributed by atoms with E-state index in [1.165, 1.54) is 28.1 Å². The molecule has 2 fully saturated rings. The van der Waals surface area contributed by atoms with E-state index in [1.54, 1.807) is 59.3 Å². The first-order valence-corrected chi connectivity index (χ1v) is 24.6. The highest BCUT2D eigenvalue weighted by molar-refractivity contribution is 7.85. The number of hydrogen-bond acceptors (Lipinski definition) is 15. The van der Waals surface area contributed by atoms with Gasteiger partial charge in [-0.25, -0.2) is 48.9 Å². The van der Waals surface area contributed by atoms with E-state index in [1.807, 2.05) is 61.5 Å². The highest BCUT2D eigenvalue weighted by Crippen LogP contribution is 2.61.